The third-order valence-corrected chi connectivity index (χ3v) is 4.39. The first-order valence-corrected chi connectivity index (χ1v) is 8.70. The Morgan fingerprint density at radius 2 is 1.86 bits per heavy atom. The van der Waals surface area contributed by atoms with Crippen LogP contribution in [0, 0.1) is 18.2 Å². The van der Waals surface area contributed by atoms with Crippen LogP contribution >= 0.6 is 0 Å². The first-order valence-electron chi connectivity index (χ1n) is 8.70. The van der Waals surface area contributed by atoms with Crippen molar-refractivity contribution >= 4 is 16.9 Å². The maximum absolute atomic E-state index is 13.1. The van der Waals surface area contributed by atoms with E-state index in [1.165, 1.54) is 12.1 Å². The summed E-state index contributed by atoms with van der Waals surface area (Å²) in [5, 5.41) is 13.3. The van der Waals surface area contributed by atoms with Gasteiger partial charge in [-0.2, -0.15) is 10.1 Å². The quantitative estimate of drug-likeness (QED) is 0.411. The van der Waals surface area contributed by atoms with Gasteiger partial charge in [0.2, 0.25) is 5.88 Å². The van der Waals surface area contributed by atoms with Crippen molar-refractivity contribution in [2.45, 2.75) is 13.5 Å². The summed E-state index contributed by atoms with van der Waals surface area (Å²) >= 11 is 0. The lowest BCUT2D eigenvalue weighted by molar-refractivity contribution is 0.294. The van der Waals surface area contributed by atoms with Crippen LogP contribution < -0.4 is 10.5 Å². The summed E-state index contributed by atoms with van der Waals surface area (Å²) in [4.78, 5) is 4.61. The monoisotopic (exact) mass is 375 g/mol. The molecular formula is C21H18FN5O. The number of nitrogens with one attached hydrogen (secondary N) is 1. The first-order chi connectivity index (χ1) is 13.5. The molecule has 0 atom stereocenters. The molecule has 0 saturated heterocycles. The van der Waals surface area contributed by atoms with Crippen molar-refractivity contribution in [3.05, 3.63) is 83.3 Å². The molecule has 0 aliphatic heterocycles. The third-order valence-electron chi connectivity index (χ3n) is 4.39. The Morgan fingerprint density at radius 3 is 2.54 bits per heavy atom. The Kier molecular flexibility index (Phi) is 4.49. The average molecular weight is 375 g/mol. The fourth-order valence-electron chi connectivity index (χ4n) is 2.95. The van der Waals surface area contributed by atoms with Crippen molar-refractivity contribution in [3.63, 3.8) is 0 Å². The zero-order valence-corrected chi connectivity index (χ0v) is 15.2. The van der Waals surface area contributed by atoms with E-state index < -0.39 is 0 Å². The minimum atomic E-state index is -0.310. The lowest BCUT2D eigenvalue weighted by Gasteiger charge is -2.11. The van der Waals surface area contributed by atoms with Crippen LogP contribution in [-0.2, 0) is 6.61 Å². The van der Waals surface area contributed by atoms with Gasteiger partial charge < -0.3 is 10.5 Å². The van der Waals surface area contributed by atoms with E-state index in [0.717, 1.165) is 22.3 Å². The Bertz CT molecular complexity index is 1150. The minimum Gasteiger partial charge on any atom is -0.472 e. The highest BCUT2D eigenvalue weighted by Crippen LogP contribution is 2.27. The molecule has 28 heavy (non-hydrogen) atoms. The minimum absolute atomic E-state index is 0.143. The van der Waals surface area contributed by atoms with Crippen molar-refractivity contribution in [3.8, 4) is 11.6 Å². The fraction of sp³-hybridized carbons (Fsp3) is 0.0952. The second-order valence-corrected chi connectivity index (χ2v) is 6.37. The van der Waals surface area contributed by atoms with Crippen molar-refractivity contribution in [2.75, 3.05) is 0 Å². The number of nitrogens with zero attached hydrogens (tertiary/aromatic N) is 3. The molecule has 4 aromatic rings. The standard InChI is InChI=1S/C21H18FN5O/c1-13-17-11-18(19(23)24)21(28-12-14-7-9-15(22)10-8-14)25-20(17)27(26-13)16-5-3-2-4-6-16/h2-11H,12H2,1H3,(H3,23,24). The number of hydrogen-bond donors (Lipinski definition) is 2. The molecule has 0 radical (unpaired) electrons. The van der Waals surface area contributed by atoms with Crippen LogP contribution in [-0.4, -0.2) is 20.6 Å². The molecule has 2 aromatic carbocycles. The summed E-state index contributed by atoms with van der Waals surface area (Å²) in [7, 11) is 0. The Labute approximate surface area is 160 Å². The van der Waals surface area contributed by atoms with Gasteiger partial charge in [0.05, 0.1) is 16.9 Å². The van der Waals surface area contributed by atoms with Gasteiger partial charge in [-0.25, -0.2) is 9.07 Å². The molecule has 0 saturated carbocycles. The van der Waals surface area contributed by atoms with E-state index in [4.69, 9.17) is 15.9 Å². The zero-order chi connectivity index (χ0) is 19.7. The number of benzene rings is 2. The molecule has 0 bridgehead atoms. The summed E-state index contributed by atoms with van der Waals surface area (Å²) in [6.07, 6.45) is 0. The average Bonchev–Trinajstić information content (AvgIpc) is 3.03. The smallest absolute Gasteiger partial charge is 0.226 e. The Morgan fingerprint density at radius 1 is 1.14 bits per heavy atom. The van der Waals surface area contributed by atoms with E-state index in [9.17, 15) is 4.39 Å². The molecule has 0 spiro atoms. The van der Waals surface area contributed by atoms with Gasteiger partial charge in [-0.15, -0.1) is 0 Å². The maximum atomic E-state index is 13.1. The van der Waals surface area contributed by atoms with E-state index in [-0.39, 0.29) is 24.1 Å². The summed E-state index contributed by atoms with van der Waals surface area (Å²) in [5.41, 5.74) is 9.18. The normalized spacial score (nSPS) is 10.9. The lowest BCUT2D eigenvalue weighted by atomic mass is 10.2. The Balaban J connectivity index is 1.78. The van der Waals surface area contributed by atoms with Crippen LogP contribution in [0.3, 0.4) is 0 Å². The topological polar surface area (TPSA) is 89.8 Å². The second-order valence-electron chi connectivity index (χ2n) is 6.37. The van der Waals surface area contributed by atoms with Crippen molar-refractivity contribution in [1.29, 1.82) is 5.41 Å². The number of hydrogen-bond acceptors (Lipinski definition) is 4. The fourth-order valence-corrected chi connectivity index (χ4v) is 2.95. The number of rotatable bonds is 5. The lowest BCUT2D eigenvalue weighted by Crippen LogP contribution is -2.14. The molecule has 2 aromatic heterocycles. The van der Waals surface area contributed by atoms with E-state index in [1.807, 2.05) is 37.3 Å². The summed E-state index contributed by atoms with van der Waals surface area (Å²) < 4.78 is 20.7. The zero-order valence-electron chi connectivity index (χ0n) is 15.2. The number of aromatic nitrogens is 3. The van der Waals surface area contributed by atoms with Crippen LogP contribution in [0.2, 0.25) is 0 Å². The van der Waals surface area contributed by atoms with E-state index >= 15 is 0 Å². The largest absolute Gasteiger partial charge is 0.472 e. The van der Waals surface area contributed by atoms with Gasteiger partial charge in [0.25, 0.3) is 0 Å². The molecule has 0 aliphatic rings. The highest BCUT2D eigenvalue weighted by atomic mass is 19.1. The van der Waals surface area contributed by atoms with Crippen molar-refractivity contribution in [2.24, 2.45) is 5.73 Å². The summed E-state index contributed by atoms with van der Waals surface area (Å²) in [6.45, 7) is 2.06. The number of halogens is 1. The highest BCUT2D eigenvalue weighted by molar-refractivity contribution is 6.00. The van der Waals surface area contributed by atoms with Gasteiger partial charge in [-0.05, 0) is 42.8 Å². The number of amidine groups is 1. The van der Waals surface area contributed by atoms with Crippen LogP contribution in [0.25, 0.3) is 16.7 Å². The Hall–Kier alpha value is -3.74. The summed E-state index contributed by atoms with van der Waals surface area (Å²) in [6, 6.07) is 17.4. The molecule has 0 amide bonds. The van der Waals surface area contributed by atoms with Gasteiger partial charge >= 0.3 is 0 Å². The first kappa shape index (κ1) is 17.7. The van der Waals surface area contributed by atoms with Gasteiger partial charge in [0.1, 0.15) is 18.3 Å². The number of aryl methyl sites for hydroxylation is 1. The maximum Gasteiger partial charge on any atom is 0.226 e. The van der Waals surface area contributed by atoms with Crippen LogP contribution in [0.5, 0.6) is 5.88 Å². The molecule has 3 N–H and O–H groups in total. The number of ether oxygens (including phenoxy) is 1. The van der Waals surface area contributed by atoms with Crippen LogP contribution in [0.1, 0.15) is 16.8 Å². The molecular weight excluding hydrogens is 357 g/mol. The molecule has 0 unspecified atom stereocenters. The van der Waals surface area contributed by atoms with Crippen LogP contribution in [0.4, 0.5) is 4.39 Å². The number of nitrogen functional groups attached to an aromatic ring is 1. The van der Waals surface area contributed by atoms with Crippen molar-refractivity contribution < 1.29 is 9.13 Å². The predicted octanol–water partition coefficient (Wildman–Crippen LogP) is 3.73. The summed E-state index contributed by atoms with van der Waals surface area (Å²) in [5.74, 6) is -0.216. The van der Waals surface area contributed by atoms with E-state index in [1.54, 1.807) is 22.9 Å². The predicted molar refractivity (Wildman–Crippen MR) is 105 cm³/mol. The molecule has 7 heteroatoms. The van der Waals surface area contributed by atoms with Gasteiger partial charge in [-0.3, -0.25) is 5.41 Å². The number of para-hydroxylation sites is 1. The van der Waals surface area contributed by atoms with Gasteiger partial charge in [0.15, 0.2) is 5.65 Å². The van der Waals surface area contributed by atoms with Gasteiger partial charge in [0, 0.05) is 5.39 Å². The number of fused-ring (bicyclic) bond motifs is 1. The molecule has 6 nitrogen and oxygen atoms in total. The van der Waals surface area contributed by atoms with E-state index in [2.05, 4.69) is 10.1 Å². The molecule has 2 heterocycles. The second kappa shape index (κ2) is 7.11. The SMILES string of the molecule is Cc1nn(-c2ccccc2)c2nc(OCc3ccc(F)cc3)c(C(=N)N)cc12. The molecule has 0 aliphatic carbocycles. The van der Waals surface area contributed by atoms with Crippen molar-refractivity contribution in [1.82, 2.24) is 14.8 Å². The van der Waals surface area contributed by atoms with Gasteiger partial charge in [-0.1, -0.05) is 30.3 Å². The molecule has 4 rings (SSSR count). The number of nitrogens with two attached hydrogens (primary N) is 1. The molecule has 0 fully saturated rings. The number of pyridine rings is 1. The molecule has 140 valence electrons. The van der Waals surface area contributed by atoms with E-state index in [0.29, 0.717) is 11.2 Å². The van der Waals surface area contributed by atoms with Crippen LogP contribution in [0.15, 0.2) is 60.7 Å². The highest BCUT2D eigenvalue weighted by Gasteiger charge is 2.17. The third kappa shape index (κ3) is 3.29.